The number of aryl methyl sites for hydroxylation is 1. The molecule has 2 aliphatic heterocycles. The number of nitrogens with zero attached hydrogens (tertiary/aromatic N) is 2. The number of cyclic esters (lactones) is 1. The second kappa shape index (κ2) is 9.27. The Labute approximate surface area is 192 Å². The molecule has 10 heteroatoms. The van der Waals surface area contributed by atoms with Crippen LogP contribution in [0.5, 0.6) is 5.06 Å². The highest BCUT2D eigenvalue weighted by atomic mass is 79.9. The molecular weight excluding hydrogens is 486 g/mol. The smallest absolute Gasteiger partial charge is 0.414 e. The molecule has 3 heterocycles. The van der Waals surface area contributed by atoms with Crippen LogP contribution in [0.25, 0.3) is 0 Å². The number of ether oxygens (including phenoxy) is 2. The molecule has 1 aromatic carbocycles. The standard InChI is InChI=1S/C21H22BrN3O5S/c1-13-10-15(4-5-16(13)24-8-2-3-9-29-21(24)28)25-12-14(11-18(25)26)23-20(27)30-19-7-6-17(22)31-19/h4-7,10,14H,2-3,8-9,11-12H2,1H3,(H,23,27). The average molecular weight is 508 g/mol. The molecule has 0 saturated carbocycles. The predicted octanol–water partition coefficient (Wildman–Crippen LogP) is 4.45. The molecule has 2 fully saturated rings. The van der Waals surface area contributed by atoms with E-state index in [1.54, 1.807) is 21.9 Å². The van der Waals surface area contributed by atoms with Gasteiger partial charge in [-0.3, -0.25) is 9.69 Å². The predicted molar refractivity (Wildman–Crippen MR) is 121 cm³/mol. The van der Waals surface area contributed by atoms with Crippen molar-refractivity contribution >= 4 is 56.7 Å². The lowest BCUT2D eigenvalue weighted by Gasteiger charge is -2.23. The van der Waals surface area contributed by atoms with Crippen molar-refractivity contribution in [3.63, 3.8) is 0 Å². The van der Waals surface area contributed by atoms with Crippen LogP contribution in [-0.2, 0) is 9.53 Å². The fourth-order valence-electron chi connectivity index (χ4n) is 3.72. The van der Waals surface area contributed by atoms with Crippen LogP contribution < -0.4 is 19.9 Å². The number of anilines is 2. The van der Waals surface area contributed by atoms with Gasteiger partial charge in [0.15, 0.2) is 5.06 Å². The van der Waals surface area contributed by atoms with Crippen LogP contribution >= 0.6 is 27.3 Å². The molecule has 1 aromatic heterocycles. The molecule has 2 saturated heterocycles. The van der Waals surface area contributed by atoms with Crippen molar-refractivity contribution < 1.29 is 23.9 Å². The Morgan fingerprint density at radius 2 is 2.06 bits per heavy atom. The van der Waals surface area contributed by atoms with Crippen LogP contribution in [0, 0.1) is 6.92 Å². The Hall–Kier alpha value is -2.59. The number of nitrogens with one attached hydrogen (secondary N) is 1. The first-order valence-electron chi connectivity index (χ1n) is 9.99. The van der Waals surface area contributed by atoms with Gasteiger partial charge < -0.3 is 19.7 Å². The largest absolute Gasteiger partial charge is 0.449 e. The number of carbonyl (C=O) groups is 3. The number of hydrogen-bond donors (Lipinski definition) is 1. The van der Waals surface area contributed by atoms with Crippen LogP contribution in [0.1, 0.15) is 24.8 Å². The quantitative estimate of drug-likeness (QED) is 0.660. The van der Waals surface area contributed by atoms with Crippen LogP contribution in [0.3, 0.4) is 0 Å². The maximum absolute atomic E-state index is 12.6. The Balaban J connectivity index is 1.41. The number of amides is 3. The van der Waals surface area contributed by atoms with Gasteiger partial charge in [-0.25, -0.2) is 9.59 Å². The minimum atomic E-state index is -0.583. The van der Waals surface area contributed by atoms with E-state index in [0.29, 0.717) is 24.8 Å². The van der Waals surface area contributed by atoms with Crippen LogP contribution in [0.15, 0.2) is 34.1 Å². The van der Waals surface area contributed by atoms with Gasteiger partial charge in [0.25, 0.3) is 0 Å². The fourth-order valence-corrected chi connectivity index (χ4v) is 4.92. The minimum Gasteiger partial charge on any atom is -0.449 e. The Morgan fingerprint density at radius 1 is 1.23 bits per heavy atom. The van der Waals surface area contributed by atoms with Crippen LogP contribution in [0.4, 0.5) is 21.0 Å². The van der Waals surface area contributed by atoms with Gasteiger partial charge in [0.1, 0.15) is 0 Å². The van der Waals surface area contributed by atoms with E-state index in [1.165, 1.54) is 11.3 Å². The van der Waals surface area contributed by atoms with Crippen LogP contribution in [0.2, 0.25) is 0 Å². The topological polar surface area (TPSA) is 88.2 Å². The molecular formula is C21H22BrN3O5S. The Morgan fingerprint density at radius 3 is 2.81 bits per heavy atom. The maximum atomic E-state index is 12.6. The summed E-state index contributed by atoms with van der Waals surface area (Å²) in [5.41, 5.74) is 2.39. The van der Waals surface area contributed by atoms with Gasteiger partial charge in [-0.05, 0) is 71.6 Å². The van der Waals surface area contributed by atoms with Crippen molar-refractivity contribution in [1.29, 1.82) is 0 Å². The molecule has 0 aliphatic carbocycles. The summed E-state index contributed by atoms with van der Waals surface area (Å²) in [6.07, 6.45) is 1.00. The Bertz CT molecular complexity index is 1010. The highest BCUT2D eigenvalue weighted by Gasteiger charge is 2.32. The van der Waals surface area contributed by atoms with Gasteiger partial charge in [-0.15, -0.1) is 0 Å². The monoisotopic (exact) mass is 507 g/mol. The number of rotatable bonds is 4. The van der Waals surface area contributed by atoms with E-state index in [1.807, 2.05) is 25.1 Å². The molecule has 0 spiro atoms. The molecule has 31 heavy (non-hydrogen) atoms. The average Bonchev–Trinajstić information content (AvgIpc) is 3.21. The van der Waals surface area contributed by atoms with E-state index >= 15 is 0 Å². The number of carbonyl (C=O) groups excluding carboxylic acids is 3. The third-order valence-electron chi connectivity index (χ3n) is 5.19. The summed E-state index contributed by atoms with van der Waals surface area (Å²) >= 11 is 4.63. The lowest BCUT2D eigenvalue weighted by molar-refractivity contribution is -0.117. The molecule has 1 unspecified atom stereocenters. The zero-order valence-electron chi connectivity index (χ0n) is 16.9. The molecule has 1 N–H and O–H groups in total. The summed E-state index contributed by atoms with van der Waals surface area (Å²) in [6.45, 7) is 3.31. The molecule has 8 nitrogen and oxygen atoms in total. The third kappa shape index (κ3) is 5.01. The van der Waals surface area contributed by atoms with Crippen molar-refractivity contribution in [2.45, 2.75) is 32.2 Å². The van der Waals surface area contributed by atoms with Gasteiger partial charge in [-0.2, -0.15) is 0 Å². The summed E-state index contributed by atoms with van der Waals surface area (Å²) in [5.74, 6) is -0.0782. The van der Waals surface area contributed by atoms with E-state index in [2.05, 4.69) is 21.2 Å². The summed E-state index contributed by atoms with van der Waals surface area (Å²) in [4.78, 5) is 40.2. The molecule has 1 atom stereocenters. The summed E-state index contributed by atoms with van der Waals surface area (Å²) < 4.78 is 11.4. The third-order valence-corrected chi connectivity index (χ3v) is 6.70. The van der Waals surface area contributed by atoms with Gasteiger partial charge >= 0.3 is 12.2 Å². The second-order valence-corrected chi connectivity index (χ2v) is 9.87. The zero-order valence-corrected chi connectivity index (χ0v) is 19.3. The van der Waals surface area contributed by atoms with Gasteiger partial charge in [0, 0.05) is 25.2 Å². The number of thiophene rings is 1. The maximum Gasteiger partial charge on any atom is 0.414 e. The first-order valence-corrected chi connectivity index (χ1v) is 11.6. The molecule has 2 aromatic rings. The molecule has 4 rings (SSSR count). The number of hydrogen-bond acceptors (Lipinski definition) is 6. The highest BCUT2D eigenvalue weighted by Crippen LogP contribution is 2.31. The van der Waals surface area contributed by atoms with Gasteiger partial charge in [0.2, 0.25) is 5.91 Å². The van der Waals surface area contributed by atoms with Crippen molar-refractivity contribution in [2.24, 2.45) is 0 Å². The normalized spacial score (nSPS) is 19.2. The molecule has 0 radical (unpaired) electrons. The zero-order chi connectivity index (χ0) is 22.0. The minimum absolute atomic E-state index is 0.0782. The van der Waals surface area contributed by atoms with E-state index in [-0.39, 0.29) is 24.5 Å². The van der Waals surface area contributed by atoms with Crippen molar-refractivity contribution in [2.75, 3.05) is 29.5 Å². The van der Waals surface area contributed by atoms with E-state index < -0.39 is 6.09 Å². The van der Waals surface area contributed by atoms with Crippen molar-refractivity contribution in [3.05, 3.63) is 39.7 Å². The number of halogens is 1. The lowest BCUT2D eigenvalue weighted by Crippen LogP contribution is -2.38. The van der Waals surface area contributed by atoms with E-state index in [4.69, 9.17) is 9.47 Å². The van der Waals surface area contributed by atoms with Gasteiger partial charge in [-0.1, -0.05) is 11.3 Å². The highest BCUT2D eigenvalue weighted by molar-refractivity contribution is 9.11. The lowest BCUT2D eigenvalue weighted by atomic mass is 10.1. The van der Waals surface area contributed by atoms with Gasteiger partial charge in [0.05, 0.1) is 22.1 Å². The fraction of sp³-hybridized carbons (Fsp3) is 0.381. The van der Waals surface area contributed by atoms with Crippen LogP contribution in [-0.4, -0.2) is 43.8 Å². The SMILES string of the molecule is Cc1cc(N2CC(NC(=O)Oc3ccc(Br)s3)CC2=O)ccc1N1CCCCOC1=O. The first kappa shape index (κ1) is 21.6. The van der Waals surface area contributed by atoms with Crippen molar-refractivity contribution in [1.82, 2.24) is 5.32 Å². The van der Waals surface area contributed by atoms with E-state index in [9.17, 15) is 14.4 Å². The summed E-state index contributed by atoms with van der Waals surface area (Å²) in [6, 6.07) is 8.70. The van der Waals surface area contributed by atoms with E-state index in [0.717, 1.165) is 33.6 Å². The summed E-state index contributed by atoms with van der Waals surface area (Å²) in [7, 11) is 0. The number of benzene rings is 1. The summed E-state index contributed by atoms with van der Waals surface area (Å²) in [5, 5.41) is 3.23. The molecule has 3 amide bonds. The second-order valence-electron chi connectivity index (χ2n) is 7.44. The molecule has 164 valence electrons. The Kier molecular flexibility index (Phi) is 6.47. The molecule has 0 bridgehead atoms. The first-order chi connectivity index (χ1) is 14.9. The van der Waals surface area contributed by atoms with Crippen molar-refractivity contribution in [3.8, 4) is 5.06 Å². The molecule has 2 aliphatic rings.